The second-order valence-electron chi connectivity index (χ2n) is 13.7. The lowest BCUT2D eigenvalue weighted by molar-refractivity contribution is 1.18. The minimum atomic E-state index is 0.696. The van der Waals surface area contributed by atoms with Crippen molar-refractivity contribution in [3.63, 3.8) is 0 Å². The number of allylic oxidation sites excluding steroid dienone is 1. The molecule has 1 aromatic heterocycles. The molecule has 0 bridgehead atoms. The SMILES string of the molecule is C=c1cccc/c1=C(\c1cccc(-c2c(/C=C\CC)c(N)c3nc(C)ccc3c2-c2ccccc2)c1)c1ccccc1Cc1ccc2ccccc2c1. The molecule has 0 aliphatic heterocycles. The highest BCUT2D eigenvalue weighted by atomic mass is 14.7. The van der Waals surface area contributed by atoms with Crippen LogP contribution in [0.4, 0.5) is 5.69 Å². The maximum atomic E-state index is 7.11. The standard InChI is InChI=1S/C51H42N2/c1-4-5-24-45-49(48(38-18-7-6-8-19-38)46-30-27-35(3)53-51(46)50(45)52)42-23-15-22-41(33-42)47(43-25-13-9-16-34(43)2)44-26-14-12-21-40(44)32-36-28-29-37-17-10-11-20-39(37)31-36/h5-31,33H,2,4,32,52H2,1,3H3/b24-5-,47-43-. The van der Waals surface area contributed by atoms with E-state index in [0.717, 1.165) is 78.8 Å². The van der Waals surface area contributed by atoms with Crippen LogP contribution in [0.3, 0.4) is 0 Å². The summed E-state index contributed by atoms with van der Waals surface area (Å²) in [6.45, 7) is 8.70. The molecule has 53 heavy (non-hydrogen) atoms. The molecule has 0 saturated carbocycles. The molecule has 8 aromatic rings. The number of hydrogen-bond donors (Lipinski definition) is 1. The van der Waals surface area contributed by atoms with Crippen molar-refractivity contribution in [2.45, 2.75) is 26.7 Å². The molecule has 0 unspecified atom stereocenters. The first-order valence-corrected chi connectivity index (χ1v) is 18.4. The highest BCUT2D eigenvalue weighted by Gasteiger charge is 2.22. The quantitative estimate of drug-likeness (QED) is 0.162. The van der Waals surface area contributed by atoms with E-state index in [2.05, 4.69) is 183 Å². The van der Waals surface area contributed by atoms with Crippen LogP contribution < -0.4 is 16.2 Å². The average molecular weight is 683 g/mol. The van der Waals surface area contributed by atoms with Crippen molar-refractivity contribution in [2.75, 3.05) is 5.73 Å². The third kappa shape index (κ3) is 6.56. The Labute approximate surface area is 311 Å². The molecule has 0 atom stereocenters. The van der Waals surface area contributed by atoms with Gasteiger partial charge in [0.1, 0.15) is 0 Å². The largest absolute Gasteiger partial charge is 0.396 e. The van der Waals surface area contributed by atoms with Crippen molar-refractivity contribution < 1.29 is 0 Å². The van der Waals surface area contributed by atoms with E-state index in [1.165, 1.54) is 27.5 Å². The number of fused-ring (bicyclic) bond motifs is 2. The Hall–Kier alpha value is -6.51. The molecule has 256 valence electrons. The van der Waals surface area contributed by atoms with Crippen LogP contribution in [0, 0.1) is 6.92 Å². The van der Waals surface area contributed by atoms with E-state index in [0.29, 0.717) is 5.69 Å². The van der Waals surface area contributed by atoms with E-state index in [9.17, 15) is 0 Å². The normalized spacial score (nSPS) is 12.1. The molecular formula is C51H42N2. The maximum Gasteiger partial charge on any atom is 0.0947 e. The van der Waals surface area contributed by atoms with E-state index < -0.39 is 0 Å². The van der Waals surface area contributed by atoms with Gasteiger partial charge in [0.2, 0.25) is 0 Å². The molecule has 0 fully saturated rings. The van der Waals surface area contributed by atoms with Crippen LogP contribution in [0.2, 0.25) is 0 Å². The third-order valence-electron chi connectivity index (χ3n) is 10.2. The van der Waals surface area contributed by atoms with Crippen LogP contribution in [-0.2, 0) is 6.42 Å². The second-order valence-corrected chi connectivity index (χ2v) is 13.7. The number of nitrogen functional groups attached to an aromatic ring is 1. The Bertz CT molecular complexity index is 2770. The summed E-state index contributed by atoms with van der Waals surface area (Å²) in [5, 5.41) is 5.65. The second kappa shape index (κ2) is 14.6. The van der Waals surface area contributed by atoms with Crippen molar-refractivity contribution in [3.05, 3.63) is 208 Å². The van der Waals surface area contributed by atoms with E-state index in [4.69, 9.17) is 10.7 Å². The van der Waals surface area contributed by atoms with E-state index in [-0.39, 0.29) is 0 Å². The molecule has 0 aliphatic carbocycles. The highest BCUT2D eigenvalue weighted by Crippen LogP contribution is 2.45. The molecule has 2 N–H and O–H groups in total. The molecule has 8 rings (SSSR count). The fraction of sp³-hybridized carbons (Fsp3) is 0.0784. The van der Waals surface area contributed by atoms with Crippen molar-refractivity contribution in [2.24, 2.45) is 0 Å². The highest BCUT2D eigenvalue weighted by molar-refractivity contribution is 6.12. The minimum Gasteiger partial charge on any atom is -0.396 e. The number of hydrogen-bond acceptors (Lipinski definition) is 2. The monoisotopic (exact) mass is 682 g/mol. The first kappa shape index (κ1) is 33.6. The van der Waals surface area contributed by atoms with Crippen LogP contribution in [-0.4, -0.2) is 4.98 Å². The number of benzene rings is 7. The fourth-order valence-electron chi connectivity index (χ4n) is 7.65. The van der Waals surface area contributed by atoms with Crippen LogP contribution >= 0.6 is 0 Å². The molecule has 0 spiro atoms. The fourth-order valence-corrected chi connectivity index (χ4v) is 7.65. The smallest absolute Gasteiger partial charge is 0.0947 e. The summed E-state index contributed by atoms with van der Waals surface area (Å²) < 4.78 is 0. The number of aryl methyl sites for hydroxylation is 1. The zero-order valence-electron chi connectivity index (χ0n) is 30.3. The summed E-state index contributed by atoms with van der Waals surface area (Å²) in [6, 6.07) is 56.5. The predicted molar refractivity (Wildman–Crippen MR) is 227 cm³/mol. The number of rotatable bonds is 8. The topological polar surface area (TPSA) is 38.9 Å². The van der Waals surface area contributed by atoms with Gasteiger partial charge in [0.15, 0.2) is 0 Å². The molecule has 7 aromatic carbocycles. The number of aromatic nitrogens is 1. The van der Waals surface area contributed by atoms with Gasteiger partial charge in [0, 0.05) is 16.6 Å². The van der Waals surface area contributed by atoms with Gasteiger partial charge in [-0.05, 0) is 103 Å². The molecule has 0 saturated heterocycles. The van der Waals surface area contributed by atoms with Crippen LogP contribution in [0.5, 0.6) is 0 Å². The average Bonchev–Trinajstić information content (AvgIpc) is 3.19. The summed E-state index contributed by atoms with van der Waals surface area (Å²) in [6.07, 6.45) is 6.07. The lowest BCUT2D eigenvalue weighted by atomic mass is 9.84. The molecular weight excluding hydrogens is 641 g/mol. The van der Waals surface area contributed by atoms with Gasteiger partial charge in [-0.2, -0.15) is 0 Å². The van der Waals surface area contributed by atoms with Gasteiger partial charge in [-0.15, -0.1) is 0 Å². The van der Waals surface area contributed by atoms with Crippen molar-refractivity contribution in [1.82, 2.24) is 4.98 Å². The lowest BCUT2D eigenvalue weighted by Crippen LogP contribution is -2.26. The number of pyridine rings is 1. The molecule has 1 heterocycles. The maximum absolute atomic E-state index is 7.11. The molecule has 0 radical (unpaired) electrons. The number of anilines is 1. The lowest BCUT2D eigenvalue weighted by Gasteiger charge is -2.21. The molecule has 0 aliphatic rings. The summed E-state index contributed by atoms with van der Waals surface area (Å²) in [7, 11) is 0. The van der Waals surface area contributed by atoms with Gasteiger partial charge in [0.25, 0.3) is 0 Å². The van der Waals surface area contributed by atoms with Gasteiger partial charge in [0.05, 0.1) is 11.2 Å². The van der Waals surface area contributed by atoms with Gasteiger partial charge >= 0.3 is 0 Å². The van der Waals surface area contributed by atoms with Crippen LogP contribution in [0.1, 0.15) is 46.9 Å². The van der Waals surface area contributed by atoms with Crippen molar-refractivity contribution in [3.8, 4) is 22.3 Å². The molecule has 0 amide bonds. The number of nitrogens with zero attached hydrogens (tertiary/aromatic N) is 1. The molecule has 2 heteroatoms. The Kier molecular flexibility index (Phi) is 9.27. The summed E-state index contributed by atoms with van der Waals surface area (Å²) in [5.74, 6) is 0. The predicted octanol–water partition coefficient (Wildman–Crippen LogP) is 11.3. The van der Waals surface area contributed by atoms with Crippen LogP contribution in [0.25, 0.3) is 62.2 Å². The van der Waals surface area contributed by atoms with Gasteiger partial charge in [-0.1, -0.05) is 171 Å². The zero-order chi connectivity index (χ0) is 36.3. The first-order chi connectivity index (χ1) is 26.0. The molecule has 2 nitrogen and oxygen atoms in total. The van der Waals surface area contributed by atoms with Gasteiger partial charge in [-0.25, -0.2) is 0 Å². The Balaban J connectivity index is 1.39. The van der Waals surface area contributed by atoms with E-state index >= 15 is 0 Å². The Morgan fingerprint density at radius 1 is 0.679 bits per heavy atom. The summed E-state index contributed by atoms with van der Waals surface area (Å²) >= 11 is 0. The van der Waals surface area contributed by atoms with Crippen molar-refractivity contribution in [1.29, 1.82) is 0 Å². The van der Waals surface area contributed by atoms with Gasteiger partial charge < -0.3 is 5.73 Å². The first-order valence-electron chi connectivity index (χ1n) is 18.4. The number of nitrogens with two attached hydrogens (primary N) is 1. The van der Waals surface area contributed by atoms with Gasteiger partial charge in [-0.3, -0.25) is 4.98 Å². The third-order valence-corrected chi connectivity index (χ3v) is 10.2. The van der Waals surface area contributed by atoms with Crippen molar-refractivity contribution >= 4 is 45.6 Å². The Morgan fingerprint density at radius 3 is 2.25 bits per heavy atom. The summed E-state index contributed by atoms with van der Waals surface area (Å²) in [4.78, 5) is 4.99. The van der Waals surface area contributed by atoms with E-state index in [1.54, 1.807) is 0 Å². The zero-order valence-corrected chi connectivity index (χ0v) is 30.3. The summed E-state index contributed by atoms with van der Waals surface area (Å²) in [5.41, 5.74) is 21.0. The van der Waals surface area contributed by atoms with E-state index in [1.807, 2.05) is 6.92 Å². The Morgan fingerprint density at radius 2 is 1.42 bits per heavy atom. The van der Waals surface area contributed by atoms with Crippen LogP contribution in [0.15, 0.2) is 164 Å². The minimum absolute atomic E-state index is 0.696.